The second-order valence-corrected chi connectivity index (χ2v) is 4.86. The van der Waals surface area contributed by atoms with Gasteiger partial charge in [-0.1, -0.05) is 13.3 Å². The molecule has 0 unspecified atom stereocenters. The third-order valence-electron chi connectivity index (χ3n) is 2.96. The molecule has 0 spiro atoms. The van der Waals surface area contributed by atoms with Crippen LogP contribution in [-0.2, 0) is 0 Å². The van der Waals surface area contributed by atoms with E-state index in [1.54, 1.807) is 18.9 Å². The minimum absolute atomic E-state index is 0.160. The molecule has 0 heterocycles. The van der Waals surface area contributed by atoms with Gasteiger partial charge in [0.1, 0.15) is 5.75 Å². The first-order valence-electron chi connectivity index (χ1n) is 5.73. The van der Waals surface area contributed by atoms with E-state index >= 15 is 0 Å². The highest BCUT2D eigenvalue weighted by Crippen LogP contribution is 2.39. The van der Waals surface area contributed by atoms with Crippen molar-refractivity contribution in [3.05, 3.63) is 28.8 Å². The minimum Gasteiger partial charge on any atom is -0.495 e. The Morgan fingerprint density at radius 3 is 2.71 bits per heavy atom. The number of methoxy groups -OCH3 is 1. The maximum atomic E-state index is 12.1. The van der Waals surface area contributed by atoms with Crippen molar-refractivity contribution in [1.29, 1.82) is 0 Å². The molecule has 0 aromatic heterocycles. The highest BCUT2D eigenvalue weighted by molar-refractivity contribution is 7.98. The Morgan fingerprint density at radius 2 is 2.12 bits per heavy atom. The fraction of sp³-hybridized carbons (Fsp3) is 0.357. The van der Waals surface area contributed by atoms with Crippen LogP contribution in [0, 0.1) is 0 Å². The molecule has 0 saturated heterocycles. The van der Waals surface area contributed by atoms with Crippen LogP contribution in [0.4, 0.5) is 0 Å². The molecule has 1 aromatic carbocycles. The van der Waals surface area contributed by atoms with E-state index in [9.17, 15) is 4.79 Å². The number of thioether (sulfide) groups is 1. The van der Waals surface area contributed by atoms with Crippen molar-refractivity contribution in [2.24, 2.45) is 0 Å². The van der Waals surface area contributed by atoms with Crippen LogP contribution in [-0.4, -0.2) is 19.1 Å². The number of hydrogen-bond acceptors (Lipinski definition) is 3. The molecule has 0 amide bonds. The Kier molecular flexibility index (Phi) is 3.57. The molecule has 17 heavy (non-hydrogen) atoms. The van der Waals surface area contributed by atoms with E-state index in [1.807, 2.05) is 24.5 Å². The van der Waals surface area contributed by atoms with Crippen LogP contribution in [0.3, 0.4) is 0 Å². The lowest BCUT2D eigenvalue weighted by atomic mass is 10.1. The number of carbonyl (C=O) groups is 1. The van der Waals surface area contributed by atoms with Crippen molar-refractivity contribution in [1.82, 2.24) is 0 Å². The van der Waals surface area contributed by atoms with Gasteiger partial charge in [0.2, 0.25) is 0 Å². The van der Waals surface area contributed by atoms with Gasteiger partial charge in [-0.25, -0.2) is 0 Å². The molecule has 0 radical (unpaired) electrons. The Hall–Kier alpha value is -1.22. The number of hydrogen-bond donors (Lipinski definition) is 0. The Labute approximate surface area is 106 Å². The standard InChI is InChI=1S/C14H16O2S/c1-4-5-9-8-11-10(13(9)15)6-7-12(17-3)14(11)16-2/h6-8H,4-5H2,1-3H3. The number of Topliss-reactive ketones (excluding diaryl/α,β-unsaturated/α-hetero) is 1. The summed E-state index contributed by atoms with van der Waals surface area (Å²) in [6, 6.07) is 3.87. The Morgan fingerprint density at radius 1 is 1.35 bits per heavy atom. The molecule has 0 fully saturated rings. The molecule has 1 aromatic rings. The average molecular weight is 248 g/mol. The van der Waals surface area contributed by atoms with E-state index in [-0.39, 0.29) is 5.78 Å². The van der Waals surface area contributed by atoms with Gasteiger partial charge in [-0.3, -0.25) is 4.79 Å². The maximum absolute atomic E-state index is 12.1. The number of fused-ring (bicyclic) bond motifs is 1. The molecule has 0 N–H and O–H groups in total. The number of rotatable bonds is 4. The molecule has 3 heteroatoms. The number of ether oxygens (including phenoxy) is 1. The van der Waals surface area contributed by atoms with E-state index < -0.39 is 0 Å². The third kappa shape index (κ3) is 2.00. The van der Waals surface area contributed by atoms with Gasteiger partial charge < -0.3 is 4.74 Å². The average Bonchev–Trinajstić information content (AvgIpc) is 2.66. The SMILES string of the molecule is CCCC1=Cc2c(ccc(SC)c2OC)C1=O. The van der Waals surface area contributed by atoms with Gasteiger partial charge in [-0.2, -0.15) is 0 Å². The predicted molar refractivity (Wildman–Crippen MR) is 72.0 cm³/mol. The first-order valence-corrected chi connectivity index (χ1v) is 6.95. The highest BCUT2D eigenvalue weighted by Gasteiger charge is 2.25. The lowest BCUT2D eigenvalue weighted by molar-refractivity contribution is 0.103. The lowest BCUT2D eigenvalue weighted by Gasteiger charge is -2.09. The minimum atomic E-state index is 0.160. The quantitative estimate of drug-likeness (QED) is 0.758. The van der Waals surface area contributed by atoms with Crippen LogP contribution < -0.4 is 4.74 Å². The van der Waals surface area contributed by atoms with Crippen LogP contribution in [0.2, 0.25) is 0 Å². The topological polar surface area (TPSA) is 26.3 Å². The van der Waals surface area contributed by atoms with Gasteiger partial charge in [0, 0.05) is 21.6 Å². The van der Waals surface area contributed by atoms with Gasteiger partial charge in [0.25, 0.3) is 0 Å². The summed E-state index contributed by atoms with van der Waals surface area (Å²) < 4.78 is 5.44. The van der Waals surface area contributed by atoms with E-state index in [4.69, 9.17) is 4.74 Å². The van der Waals surface area contributed by atoms with Crippen LogP contribution in [0.25, 0.3) is 6.08 Å². The van der Waals surface area contributed by atoms with Crippen LogP contribution >= 0.6 is 11.8 Å². The third-order valence-corrected chi connectivity index (χ3v) is 3.72. The molecule has 1 aliphatic carbocycles. The van der Waals surface area contributed by atoms with E-state index in [1.165, 1.54) is 0 Å². The molecular formula is C14H16O2S. The van der Waals surface area contributed by atoms with Crippen molar-refractivity contribution >= 4 is 23.6 Å². The van der Waals surface area contributed by atoms with Crippen molar-refractivity contribution in [2.75, 3.05) is 13.4 Å². The van der Waals surface area contributed by atoms with Gasteiger partial charge in [0.15, 0.2) is 5.78 Å². The monoisotopic (exact) mass is 248 g/mol. The first-order chi connectivity index (χ1) is 8.22. The normalized spacial score (nSPS) is 13.6. The zero-order chi connectivity index (χ0) is 12.4. The molecule has 0 aliphatic heterocycles. The summed E-state index contributed by atoms with van der Waals surface area (Å²) in [6.45, 7) is 2.08. The number of allylic oxidation sites excluding steroid dienone is 1. The fourth-order valence-corrected chi connectivity index (χ4v) is 2.74. The summed E-state index contributed by atoms with van der Waals surface area (Å²) in [5, 5.41) is 0. The number of ketones is 1. The molecule has 0 saturated carbocycles. The van der Waals surface area contributed by atoms with Gasteiger partial charge >= 0.3 is 0 Å². The summed E-state index contributed by atoms with van der Waals surface area (Å²) in [5.74, 6) is 0.988. The van der Waals surface area contributed by atoms with E-state index in [0.717, 1.165) is 40.2 Å². The molecule has 0 bridgehead atoms. The smallest absolute Gasteiger partial charge is 0.189 e. The van der Waals surface area contributed by atoms with Gasteiger partial charge in [-0.15, -0.1) is 11.8 Å². The Balaban J connectivity index is 2.53. The second kappa shape index (κ2) is 4.96. The predicted octanol–water partition coefficient (Wildman–Crippen LogP) is 3.80. The molecule has 0 atom stereocenters. The summed E-state index contributed by atoms with van der Waals surface area (Å²) >= 11 is 1.64. The number of carbonyl (C=O) groups excluding carboxylic acids is 1. The van der Waals surface area contributed by atoms with Gasteiger partial charge in [-0.05, 0) is 30.9 Å². The molecule has 2 nitrogen and oxygen atoms in total. The van der Waals surface area contributed by atoms with Crippen LogP contribution in [0.15, 0.2) is 22.6 Å². The van der Waals surface area contributed by atoms with Crippen LogP contribution in [0.1, 0.15) is 35.7 Å². The summed E-state index contributed by atoms with van der Waals surface area (Å²) in [4.78, 5) is 13.2. The van der Waals surface area contributed by atoms with Crippen molar-refractivity contribution in [2.45, 2.75) is 24.7 Å². The summed E-state index contributed by atoms with van der Waals surface area (Å²) in [5.41, 5.74) is 2.63. The molecule has 90 valence electrons. The van der Waals surface area contributed by atoms with E-state index in [0.29, 0.717) is 0 Å². The molecule has 2 rings (SSSR count). The zero-order valence-electron chi connectivity index (χ0n) is 10.4. The van der Waals surface area contributed by atoms with Gasteiger partial charge in [0.05, 0.1) is 7.11 Å². The van der Waals surface area contributed by atoms with Crippen molar-refractivity contribution < 1.29 is 9.53 Å². The summed E-state index contributed by atoms with van der Waals surface area (Å²) in [6.07, 6.45) is 5.83. The van der Waals surface area contributed by atoms with Crippen molar-refractivity contribution in [3.63, 3.8) is 0 Å². The van der Waals surface area contributed by atoms with Crippen molar-refractivity contribution in [3.8, 4) is 5.75 Å². The van der Waals surface area contributed by atoms with E-state index in [2.05, 4.69) is 6.92 Å². The first kappa shape index (κ1) is 12.2. The van der Waals surface area contributed by atoms with Crippen LogP contribution in [0.5, 0.6) is 5.75 Å². The molecular weight excluding hydrogens is 232 g/mol. The Bertz CT molecular complexity index is 489. The summed E-state index contributed by atoms with van der Waals surface area (Å²) in [7, 11) is 1.66. The zero-order valence-corrected chi connectivity index (χ0v) is 11.2. The fourth-order valence-electron chi connectivity index (χ4n) is 2.16. The second-order valence-electron chi connectivity index (χ2n) is 4.01. The largest absolute Gasteiger partial charge is 0.495 e. The maximum Gasteiger partial charge on any atom is 0.189 e. The number of benzene rings is 1. The molecule has 1 aliphatic rings. The highest BCUT2D eigenvalue weighted by atomic mass is 32.2. The lowest BCUT2D eigenvalue weighted by Crippen LogP contribution is -1.99.